The first-order chi connectivity index (χ1) is 9.05. The van der Waals surface area contributed by atoms with E-state index in [2.05, 4.69) is 4.98 Å². The molecular formula is C13H12N2O2S2. The molecule has 98 valence electrons. The third-order valence-corrected chi connectivity index (χ3v) is 4.81. The van der Waals surface area contributed by atoms with E-state index in [9.17, 15) is 8.42 Å². The molecule has 0 saturated heterocycles. The van der Waals surface area contributed by atoms with E-state index >= 15 is 0 Å². The molecule has 0 aliphatic carbocycles. The van der Waals surface area contributed by atoms with Crippen LogP contribution in [0.2, 0.25) is 0 Å². The Balaban J connectivity index is 2.16. The SMILES string of the molecule is CS(=O)(=O)N1CC(c2ccsc2)=Cc2ncccc21. The highest BCUT2D eigenvalue weighted by Gasteiger charge is 2.26. The van der Waals surface area contributed by atoms with Crippen LogP contribution in [0.15, 0.2) is 35.2 Å². The van der Waals surface area contributed by atoms with E-state index in [-0.39, 0.29) is 0 Å². The second-order valence-electron chi connectivity index (χ2n) is 4.36. The van der Waals surface area contributed by atoms with E-state index < -0.39 is 10.0 Å². The minimum atomic E-state index is -3.31. The molecule has 0 saturated carbocycles. The average Bonchev–Trinajstić information content (AvgIpc) is 2.90. The summed E-state index contributed by atoms with van der Waals surface area (Å²) in [5, 5.41) is 4.00. The van der Waals surface area contributed by atoms with Crippen molar-refractivity contribution in [1.82, 2.24) is 4.98 Å². The molecule has 2 aromatic rings. The number of anilines is 1. The largest absolute Gasteiger partial charge is 0.264 e. The van der Waals surface area contributed by atoms with Gasteiger partial charge in [0.25, 0.3) is 0 Å². The molecule has 0 unspecified atom stereocenters. The molecule has 2 aromatic heterocycles. The van der Waals surface area contributed by atoms with Gasteiger partial charge in [0.2, 0.25) is 10.0 Å². The van der Waals surface area contributed by atoms with Gasteiger partial charge in [0, 0.05) is 6.20 Å². The summed E-state index contributed by atoms with van der Waals surface area (Å²) >= 11 is 1.59. The van der Waals surface area contributed by atoms with Gasteiger partial charge in [-0.15, -0.1) is 0 Å². The molecule has 4 nitrogen and oxygen atoms in total. The molecular weight excluding hydrogens is 280 g/mol. The van der Waals surface area contributed by atoms with Crippen LogP contribution >= 0.6 is 11.3 Å². The number of hydrogen-bond acceptors (Lipinski definition) is 4. The Morgan fingerprint density at radius 3 is 2.89 bits per heavy atom. The molecule has 0 fully saturated rings. The van der Waals surface area contributed by atoms with Crippen molar-refractivity contribution in [2.45, 2.75) is 0 Å². The van der Waals surface area contributed by atoms with Gasteiger partial charge in [-0.2, -0.15) is 11.3 Å². The second kappa shape index (κ2) is 4.47. The first-order valence-corrected chi connectivity index (χ1v) is 8.51. The zero-order valence-corrected chi connectivity index (χ0v) is 11.9. The van der Waals surface area contributed by atoms with Crippen LogP contribution in [0.5, 0.6) is 0 Å². The molecule has 0 N–H and O–H groups in total. The molecule has 6 heteroatoms. The summed E-state index contributed by atoms with van der Waals surface area (Å²) in [6, 6.07) is 5.52. The van der Waals surface area contributed by atoms with E-state index in [1.165, 1.54) is 10.6 Å². The fourth-order valence-corrected chi connectivity index (χ4v) is 3.66. The lowest BCUT2D eigenvalue weighted by molar-refractivity contribution is 0.598. The topological polar surface area (TPSA) is 50.3 Å². The summed E-state index contributed by atoms with van der Waals surface area (Å²) in [6.45, 7) is 0.355. The number of thiophene rings is 1. The van der Waals surface area contributed by atoms with Gasteiger partial charge in [-0.05, 0) is 46.2 Å². The molecule has 0 amide bonds. The number of hydrogen-bond donors (Lipinski definition) is 0. The lowest BCUT2D eigenvalue weighted by Gasteiger charge is -2.28. The van der Waals surface area contributed by atoms with Crippen molar-refractivity contribution in [3.05, 3.63) is 46.4 Å². The average molecular weight is 292 g/mol. The molecule has 0 spiro atoms. The van der Waals surface area contributed by atoms with E-state index in [1.54, 1.807) is 29.7 Å². The summed E-state index contributed by atoms with van der Waals surface area (Å²) in [7, 11) is -3.31. The smallest absolute Gasteiger partial charge is 0.232 e. The standard InChI is InChI=1S/C13H12N2O2S2/c1-19(16,17)15-8-11(10-4-6-18-9-10)7-12-13(15)3-2-5-14-12/h2-7,9H,8H2,1H3. The second-order valence-corrected chi connectivity index (χ2v) is 7.05. The van der Waals surface area contributed by atoms with Crippen LogP contribution in [-0.4, -0.2) is 26.2 Å². The van der Waals surface area contributed by atoms with Gasteiger partial charge in [0.15, 0.2) is 0 Å². The van der Waals surface area contributed by atoms with Gasteiger partial charge < -0.3 is 0 Å². The minimum absolute atomic E-state index is 0.355. The molecule has 0 atom stereocenters. The van der Waals surface area contributed by atoms with Gasteiger partial charge in [-0.1, -0.05) is 0 Å². The van der Waals surface area contributed by atoms with Crippen LogP contribution in [0, 0.1) is 0 Å². The Morgan fingerprint density at radius 2 is 2.21 bits per heavy atom. The van der Waals surface area contributed by atoms with Gasteiger partial charge >= 0.3 is 0 Å². The van der Waals surface area contributed by atoms with Crippen LogP contribution in [-0.2, 0) is 10.0 Å². The quantitative estimate of drug-likeness (QED) is 0.854. The van der Waals surface area contributed by atoms with Gasteiger partial charge in [0.1, 0.15) is 0 Å². The summed E-state index contributed by atoms with van der Waals surface area (Å²) < 4.78 is 25.3. The Morgan fingerprint density at radius 1 is 1.37 bits per heavy atom. The normalized spacial score (nSPS) is 15.0. The van der Waals surface area contributed by atoms with Crippen molar-refractivity contribution in [3.8, 4) is 0 Å². The number of aromatic nitrogens is 1. The number of sulfonamides is 1. The highest BCUT2D eigenvalue weighted by molar-refractivity contribution is 7.92. The third-order valence-electron chi connectivity index (χ3n) is 3.00. The Labute approximate surface area is 116 Å². The summed E-state index contributed by atoms with van der Waals surface area (Å²) in [6.07, 6.45) is 4.85. The predicted octanol–water partition coefficient (Wildman–Crippen LogP) is 2.46. The molecule has 3 heterocycles. The van der Waals surface area contributed by atoms with Crippen molar-refractivity contribution in [2.24, 2.45) is 0 Å². The van der Waals surface area contributed by atoms with E-state index in [0.29, 0.717) is 17.9 Å². The highest BCUT2D eigenvalue weighted by Crippen LogP contribution is 2.33. The number of nitrogens with zero attached hydrogens (tertiary/aromatic N) is 2. The lowest BCUT2D eigenvalue weighted by Crippen LogP contribution is -2.33. The van der Waals surface area contributed by atoms with Crippen LogP contribution in [0.4, 0.5) is 5.69 Å². The molecule has 0 aromatic carbocycles. The number of fused-ring (bicyclic) bond motifs is 1. The lowest BCUT2D eigenvalue weighted by atomic mass is 10.0. The van der Waals surface area contributed by atoms with Gasteiger partial charge in [-0.25, -0.2) is 8.42 Å². The fraction of sp³-hybridized carbons (Fsp3) is 0.154. The van der Waals surface area contributed by atoms with Crippen LogP contribution < -0.4 is 4.31 Å². The third kappa shape index (κ3) is 2.29. The molecule has 0 bridgehead atoms. The molecule has 3 rings (SSSR count). The zero-order chi connectivity index (χ0) is 13.5. The van der Waals surface area contributed by atoms with Crippen molar-refractivity contribution < 1.29 is 8.42 Å². The Hall–Kier alpha value is -1.66. The van der Waals surface area contributed by atoms with Crippen molar-refractivity contribution >= 4 is 38.7 Å². The Bertz CT molecular complexity index is 734. The number of pyridine rings is 1. The maximum Gasteiger partial charge on any atom is 0.232 e. The zero-order valence-electron chi connectivity index (χ0n) is 10.3. The predicted molar refractivity (Wildman–Crippen MR) is 78.6 cm³/mol. The maximum atomic E-state index is 11.9. The fourth-order valence-electron chi connectivity index (χ4n) is 2.10. The van der Waals surface area contributed by atoms with Crippen LogP contribution in [0.1, 0.15) is 11.3 Å². The van der Waals surface area contributed by atoms with E-state index in [1.807, 2.05) is 22.9 Å². The molecule has 1 aliphatic rings. The van der Waals surface area contributed by atoms with Gasteiger partial charge in [-0.3, -0.25) is 9.29 Å². The molecule has 19 heavy (non-hydrogen) atoms. The summed E-state index contributed by atoms with van der Waals surface area (Å²) in [4.78, 5) is 4.26. The van der Waals surface area contributed by atoms with Gasteiger partial charge in [0.05, 0.1) is 24.2 Å². The molecule has 1 aliphatic heterocycles. The maximum absolute atomic E-state index is 11.9. The molecule has 0 radical (unpaired) electrons. The highest BCUT2D eigenvalue weighted by atomic mass is 32.2. The first kappa shape index (κ1) is 12.4. The Kier molecular flexibility index (Phi) is 2.91. The summed E-state index contributed by atoms with van der Waals surface area (Å²) in [5.41, 5.74) is 3.36. The van der Waals surface area contributed by atoms with Crippen LogP contribution in [0.3, 0.4) is 0 Å². The summed E-state index contributed by atoms with van der Waals surface area (Å²) in [5.74, 6) is 0. The number of rotatable bonds is 2. The van der Waals surface area contributed by atoms with E-state index in [4.69, 9.17) is 0 Å². The first-order valence-electron chi connectivity index (χ1n) is 5.71. The van der Waals surface area contributed by atoms with Crippen LogP contribution in [0.25, 0.3) is 11.6 Å². The van der Waals surface area contributed by atoms with Crippen molar-refractivity contribution in [2.75, 3.05) is 17.1 Å². The van der Waals surface area contributed by atoms with E-state index in [0.717, 1.165) is 11.1 Å². The monoisotopic (exact) mass is 292 g/mol. The minimum Gasteiger partial charge on any atom is -0.264 e. The van der Waals surface area contributed by atoms with Crippen molar-refractivity contribution in [3.63, 3.8) is 0 Å². The van der Waals surface area contributed by atoms with Crippen molar-refractivity contribution in [1.29, 1.82) is 0 Å².